The maximum Gasteiger partial charge on any atom is 0.311 e. The van der Waals surface area contributed by atoms with Crippen molar-refractivity contribution in [2.75, 3.05) is 7.11 Å². The van der Waals surface area contributed by atoms with Crippen LogP contribution in [-0.4, -0.2) is 34.6 Å². The standard InChI is InChI=1S/C14H19N3O3S/c1-3-9-12(21-17-16-9)13(18)15-11-8-5-4-7(6-8)10(11)14(19)20-2/h7-8,10-11H,3-6H2,1-2H3,(H,15,18)/t7-,8-,10+,11+/m0/s1. The second-order valence-corrected chi connectivity index (χ2v) is 6.54. The van der Waals surface area contributed by atoms with Gasteiger partial charge in [0, 0.05) is 6.04 Å². The van der Waals surface area contributed by atoms with Gasteiger partial charge in [0.15, 0.2) is 0 Å². The van der Waals surface area contributed by atoms with E-state index in [0.29, 0.717) is 23.1 Å². The number of carbonyl (C=O) groups excluding carboxylic acids is 2. The molecule has 0 spiro atoms. The molecule has 3 rings (SSSR count). The summed E-state index contributed by atoms with van der Waals surface area (Å²) in [6.45, 7) is 1.95. The minimum absolute atomic E-state index is 0.115. The van der Waals surface area contributed by atoms with Crippen molar-refractivity contribution < 1.29 is 14.3 Å². The van der Waals surface area contributed by atoms with E-state index in [1.165, 1.54) is 7.11 Å². The van der Waals surface area contributed by atoms with Crippen molar-refractivity contribution in [3.05, 3.63) is 10.6 Å². The molecule has 6 nitrogen and oxygen atoms in total. The molecular formula is C14H19N3O3S. The van der Waals surface area contributed by atoms with Gasteiger partial charge in [-0.25, -0.2) is 0 Å². The molecule has 7 heteroatoms. The fourth-order valence-electron chi connectivity index (χ4n) is 3.80. The van der Waals surface area contributed by atoms with Gasteiger partial charge in [0.25, 0.3) is 5.91 Å². The molecule has 1 aromatic rings. The number of nitrogens with one attached hydrogen (secondary N) is 1. The third-order valence-corrected chi connectivity index (χ3v) is 5.55. The summed E-state index contributed by atoms with van der Waals surface area (Å²) in [6.07, 6.45) is 3.81. The molecule has 1 N–H and O–H groups in total. The van der Waals surface area contributed by atoms with Crippen molar-refractivity contribution >= 4 is 23.4 Å². The van der Waals surface area contributed by atoms with Crippen molar-refractivity contribution in [2.45, 2.75) is 38.6 Å². The monoisotopic (exact) mass is 309 g/mol. The zero-order valence-electron chi connectivity index (χ0n) is 12.2. The minimum atomic E-state index is -0.205. The summed E-state index contributed by atoms with van der Waals surface area (Å²) >= 11 is 1.11. The highest BCUT2D eigenvalue weighted by Gasteiger charge is 2.52. The summed E-state index contributed by atoms with van der Waals surface area (Å²) in [5, 5.41) is 7.01. The average molecular weight is 309 g/mol. The van der Waals surface area contributed by atoms with Crippen molar-refractivity contribution in [1.29, 1.82) is 0 Å². The van der Waals surface area contributed by atoms with Gasteiger partial charge in [-0.2, -0.15) is 0 Å². The Kier molecular flexibility index (Phi) is 3.93. The van der Waals surface area contributed by atoms with Gasteiger partial charge in [-0.05, 0) is 49.1 Å². The number of aryl methyl sites for hydroxylation is 1. The van der Waals surface area contributed by atoms with Crippen LogP contribution < -0.4 is 5.32 Å². The lowest BCUT2D eigenvalue weighted by molar-refractivity contribution is -0.148. The summed E-state index contributed by atoms with van der Waals surface area (Å²) in [6, 6.07) is -0.115. The lowest BCUT2D eigenvalue weighted by Crippen LogP contribution is -2.47. The Morgan fingerprint density at radius 2 is 2.14 bits per heavy atom. The average Bonchev–Trinajstić information content (AvgIpc) is 3.20. The van der Waals surface area contributed by atoms with Crippen molar-refractivity contribution in [3.8, 4) is 0 Å². The first-order valence-electron chi connectivity index (χ1n) is 7.35. The molecule has 21 heavy (non-hydrogen) atoms. The van der Waals surface area contributed by atoms with Gasteiger partial charge in [0.2, 0.25) is 0 Å². The Labute approximate surface area is 127 Å². The first-order valence-corrected chi connectivity index (χ1v) is 8.13. The summed E-state index contributed by atoms with van der Waals surface area (Å²) in [5.41, 5.74) is 0.718. The Balaban J connectivity index is 1.77. The second kappa shape index (κ2) is 5.71. The zero-order chi connectivity index (χ0) is 15.0. The highest BCUT2D eigenvalue weighted by Crippen LogP contribution is 2.49. The van der Waals surface area contributed by atoms with Crippen LogP contribution in [-0.2, 0) is 16.0 Å². The number of aromatic nitrogens is 2. The lowest BCUT2D eigenvalue weighted by Gasteiger charge is -2.29. The molecule has 1 aromatic heterocycles. The molecule has 114 valence electrons. The molecule has 0 radical (unpaired) electrons. The number of fused-ring (bicyclic) bond motifs is 2. The Bertz CT molecular complexity index is 559. The maximum absolute atomic E-state index is 12.4. The topological polar surface area (TPSA) is 81.2 Å². The quantitative estimate of drug-likeness (QED) is 0.851. The summed E-state index contributed by atoms with van der Waals surface area (Å²) < 4.78 is 8.77. The normalized spacial score (nSPS) is 30.4. The Morgan fingerprint density at radius 3 is 2.86 bits per heavy atom. The number of hydrogen-bond acceptors (Lipinski definition) is 6. The van der Waals surface area contributed by atoms with E-state index >= 15 is 0 Å². The van der Waals surface area contributed by atoms with E-state index in [1.807, 2.05) is 6.92 Å². The van der Waals surface area contributed by atoms with E-state index in [-0.39, 0.29) is 23.8 Å². The predicted molar refractivity (Wildman–Crippen MR) is 76.9 cm³/mol. The molecule has 4 atom stereocenters. The SMILES string of the molecule is CCc1nnsc1C(=O)N[C@@H]1[C@H]2CC[C@@H](C2)[C@H]1C(=O)OC. The van der Waals surface area contributed by atoms with Crippen LogP contribution in [0.15, 0.2) is 0 Å². The van der Waals surface area contributed by atoms with E-state index in [1.54, 1.807) is 0 Å². The smallest absolute Gasteiger partial charge is 0.311 e. The van der Waals surface area contributed by atoms with Crippen molar-refractivity contribution in [1.82, 2.24) is 14.9 Å². The molecule has 1 amide bonds. The predicted octanol–water partition coefficient (Wildman–Crippen LogP) is 1.42. The lowest BCUT2D eigenvalue weighted by atomic mass is 9.84. The minimum Gasteiger partial charge on any atom is -0.469 e. The van der Waals surface area contributed by atoms with E-state index < -0.39 is 0 Å². The molecular weight excluding hydrogens is 290 g/mol. The van der Waals surface area contributed by atoms with Crippen LogP contribution in [0.25, 0.3) is 0 Å². The molecule has 0 aromatic carbocycles. The van der Waals surface area contributed by atoms with Gasteiger partial charge in [0.05, 0.1) is 18.7 Å². The molecule has 0 aliphatic heterocycles. The molecule has 2 bridgehead atoms. The van der Waals surface area contributed by atoms with Crippen LogP contribution in [0.3, 0.4) is 0 Å². The van der Waals surface area contributed by atoms with Gasteiger partial charge in [-0.3, -0.25) is 9.59 Å². The van der Waals surface area contributed by atoms with Crippen molar-refractivity contribution in [3.63, 3.8) is 0 Å². The Hall–Kier alpha value is -1.50. The summed E-state index contributed by atoms with van der Waals surface area (Å²) in [4.78, 5) is 25.0. The van der Waals surface area contributed by atoms with E-state index in [0.717, 1.165) is 36.5 Å². The molecule has 0 saturated heterocycles. The first-order chi connectivity index (χ1) is 10.2. The number of esters is 1. The number of rotatable bonds is 4. The van der Waals surface area contributed by atoms with Gasteiger partial charge in [0.1, 0.15) is 4.88 Å². The van der Waals surface area contributed by atoms with Crippen molar-refractivity contribution in [2.24, 2.45) is 17.8 Å². The fourth-order valence-corrected chi connectivity index (χ4v) is 4.46. The van der Waals surface area contributed by atoms with Crippen LogP contribution in [0.4, 0.5) is 0 Å². The van der Waals surface area contributed by atoms with Crippen LogP contribution in [0.5, 0.6) is 0 Å². The van der Waals surface area contributed by atoms with Crippen LogP contribution in [0, 0.1) is 17.8 Å². The highest BCUT2D eigenvalue weighted by molar-refractivity contribution is 7.08. The van der Waals surface area contributed by atoms with Gasteiger partial charge < -0.3 is 10.1 Å². The largest absolute Gasteiger partial charge is 0.469 e. The Morgan fingerprint density at radius 1 is 1.38 bits per heavy atom. The molecule has 2 aliphatic rings. The van der Waals surface area contributed by atoms with Crippen LogP contribution in [0.1, 0.15) is 41.6 Å². The van der Waals surface area contributed by atoms with Gasteiger partial charge in [-0.1, -0.05) is 11.4 Å². The van der Waals surface area contributed by atoms with E-state index in [9.17, 15) is 9.59 Å². The first kappa shape index (κ1) is 14.4. The molecule has 2 aliphatic carbocycles. The number of hydrogen-bond donors (Lipinski definition) is 1. The maximum atomic E-state index is 12.4. The number of ether oxygens (including phenoxy) is 1. The summed E-state index contributed by atoms with van der Waals surface area (Å²) in [5.74, 6) is 0.162. The van der Waals surface area contributed by atoms with Gasteiger partial charge >= 0.3 is 5.97 Å². The molecule has 2 fully saturated rings. The van der Waals surface area contributed by atoms with E-state index in [2.05, 4.69) is 14.9 Å². The van der Waals surface area contributed by atoms with E-state index in [4.69, 9.17) is 4.74 Å². The number of carbonyl (C=O) groups is 2. The number of nitrogens with zero attached hydrogens (tertiary/aromatic N) is 2. The molecule has 1 heterocycles. The number of amides is 1. The van der Waals surface area contributed by atoms with Crippen LogP contribution >= 0.6 is 11.5 Å². The third-order valence-electron chi connectivity index (χ3n) is 4.78. The third kappa shape index (κ3) is 2.43. The molecule has 2 saturated carbocycles. The highest BCUT2D eigenvalue weighted by atomic mass is 32.1. The van der Waals surface area contributed by atoms with Gasteiger partial charge in [-0.15, -0.1) is 5.10 Å². The fraction of sp³-hybridized carbons (Fsp3) is 0.714. The zero-order valence-corrected chi connectivity index (χ0v) is 13.0. The number of methoxy groups -OCH3 is 1. The van der Waals surface area contributed by atoms with Crippen LogP contribution in [0.2, 0.25) is 0 Å². The molecule has 0 unspecified atom stereocenters. The second-order valence-electron chi connectivity index (χ2n) is 5.78. The summed E-state index contributed by atoms with van der Waals surface area (Å²) in [7, 11) is 1.41.